The van der Waals surface area contributed by atoms with E-state index < -0.39 is 35.2 Å². The zero-order valence-electron chi connectivity index (χ0n) is 6.54. The van der Waals surface area contributed by atoms with Crippen LogP contribution < -0.4 is 0 Å². The molecule has 0 fully saturated rings. The minimum Gasteiger partial charge on any atom is -0.506 e. The van der Waals surface area contributed by atoms with E-state index in [2.05, 4.69) is 4.98 Å². The first kappa shape index (κ1) is 10.3. The second kappa shape index (κ2) is 3.52. The van der Waals surface area contributed by atoms with Gasteiger partial charge >= 0.3 is 5.97 Å². The van der Waals surface area contributed by atoms with Crippen molar-refractivity contribution in [3.05, 3.63) is 23.3 Å². The minimum absolute atomic E-state index is 0.434. The fraction of sp³-hybridized carbons (Fsp3) is 0.143. The summed E-state index contributed by atoms with van der Waals surface area (Å²) in [5.74, 6) is -4.49. The lowest BCUT2D eigenvalue weighted by molar-refractivity contribution is 0.0675. The monoisotopic (exact) mass is 207 g/mol. The zero-order chi connectivity index (χ0) is 10.9. The van der Waals surface area contributed by atoms with Crippen molar-refractivity contribution < 1.29 is 28.2 Å². The first-order valence-electron chi connectivity index (χ1n) is 3.34. The summed E-state index contributed by atoms with van der Waals surface area (Å²) >= 11 is 0. The third-order valence-electron chi connectivity index (χ3n) is 1.48. The molecule has 2 N–H and O–H groups in total. The Labute approximate surface area is 75.6 Å². The van der Waals surface area contributed by atoms with Crippen molar-refractivity contribution in [3.8, 4) is 5.75 Å². The van der Waals surface area contributed by atoms with E-state index in [-0.39, 0.29) is 0 Å². The van der Waals surface area contributed by atoms with Gasteiger partial charge in [-0.05, 0) is 0 Å². The second-order valence-corrected chi connectivity index (χ2v) is 2.33. The van der Waals surface area contributed by atoms with Gasteiger partial charge in [-0.1, -0.05) is 0 Å². The first-order chi connectivity index (χ1) is 6.45. The Hall–Kier alpha value is -1.79. The molecule has 4 nitrogen and oxygen atoms in total. The lowest BCUT2D eigenvalue weighted by Gasteiger charge is -2.06. The molecule has 1 aromatic heterocycles. The normalized spacial score (nSPS) is 10.6. The molecule has 0 aliphatic heterocycles. The molecule has 0 saturated carbocycles. The van der Waals surface area contributed by atoms with Gasteiger partial charge in [0.25, 0.3) is 6.43 Å². The third kappa shape index (κ3) is 1.61. The lowest BCUT2D eigenvalue weighted by Crippen LogP contribution is -2.08. The number of halogens is 3. The molecular formula is C7H4F3NO3. The van der Waals surface area contributed by atoms with E-state index in [4.69, 9.17) is 10.2 Å². The predicted molar refractivity (Wildman–Crippen MR) is 37.8 cm³/mol. The third-order valence-corrected chi connectivity index (χ3v) is 1.48. The highest BCUT2D eigenvalue weighted by Crippen LogP contribution is 2.31. The molecule has 0 spiro atoms. The highest BCUT2D eigenvalue weighted by Gasteiger charge is 2.26. The zero-order valence-corrected chi connectivity index (χ0v) is 6.54. The molecule has 0 unspecified atom stereocenters. The molecule has 1 rings (SSSR count). The summed E-state index contributed by atoms with van der Waals surface area (Å²) in [7, 11) is 0. The molecule has 0 aliphatic rings. The van der Waals surface area contributed by atoms with Gasteiger partial charge in [0.15, 0.2) is 0 Å². The van der Waals surface area contributed by atoms with Crippen LogP contribution in [0.15, 0.2) is 6.20 Å². The number of aromatic nitrogens is 1. The fourth-order valence-corrected chi connectivity index (χ4v) is 0.915. The van der Waals surface area contributed by atoms with E-state index in [9.17, 15) is 18.0 Å². The number of carboxylic acid groups (broad SMARTS) is 1. The van der Waals surface area contributed by atoms with E-state index >= 15 is 0 Å². The number of alkyl halides is 2. The molecule has 1 aromatic rings. The second-order valence-electron chi connectivity index (χ2n) is 2.33. The molecule has 76 valence electrons. The largest absolute Gasteiger partial charge is 0.506 e. The van der Waals surface area contributed by atoms with E-state index in [0.717, 1.165) is 0 Å². The van der Waals surface area contributed by atoms with Gasteiger partial charge in [-0.15, -0.1) is 0 Å². The molecule has 1 heterocycles. The summed E-state index contributed by atoms with van der Waals surface area (Å²) < 4.78 is 37.1. The maximum absolute atomic E-state index is 12.7. The Morgan fingerprint density at radius 3 is 2.43 bits per heavy atom. The van der Waals surface area contributed by atoms with E-state index in [1.807, 2.05) is 0 Å². The maximum atomic E-state index is 12.7. The van der Waals surface area contributed by atoms with Gasteiger partial charge in [-0.2, -0.15) is 4.39 Å². The topological polar surface area (TPSA) is 70.4 Å². The van der Waals surface area contributed by atoms with Gasteiger partial charge in [0, 0.05) is 0 Å². The summed E-state index contributed by atoms with van der Waals surface area (Å²) in [6, 6.07) is 0. The smallest absolute Gasteiger partial charge is 0.341 e. The molecule has 0 aliphatic carbocycles. The van der Waals surface area contributed by atoms with Crippen LogP contribution in [0.2, 0.25) is 0 Å². The van der Waals surface area contributed by atoms with Crippen molar-refractivity contribution in [3.63, 3.8) is 0 Å². The fourth-order valence-electron chi connectivity index (χ4n) is 0.915. The van der Waals surface area contributed by atoms with Gasteiger partial charge in [-0.3, -0.25) is 0 Å². The van der Waals surface area contributed by atoms with Gasteiger partial charge in [0.1, 0.15) is 11.3 Å². The minimum atomic E-state index is -3.28. The van der Waals surface area contributed by atoms with Crippen molar-refractivity contribution in [2.24, 2.45) is 0 Å². The van der Waals surface area contributed by atoms with Crippen LogP contribution in [0.25, 0.3) is 0 Å². The molecule has 7 heteroatoms. The number of nitrogens with zero attached hydrogens (tertiary/aromatic N) is 1. The van der Waals surface area contributed by atoms with E-state index in [1.54, 1.807) is 0 Å². The Morgan fingerprint density at radius 1 is 1.50 bits per heavy atom. The molecule has 0 bridgehead atoms. The first-order valence-corrected chi connectivity index (χ1v) is 3.34. The summed E-state index contributed by atoms with van der Waals surface area (Å²) in [5, 5.41) is 17.3. The van der Waals surface area contributed by atoms with Crippen LogP contribution in [-0.4, -0.2) is 21.2 Å². The Bertz CT molecular complexity index is 381. The van der Waals surface area contributed by atoms with Crippen molar-refractivity contribution in [1.82, 2.24) is 4.98 Å². The SMILES string of the molecule is O=C(O)c1c(F)ncc(O)c1C(F)F. The average Bonchev–Trinajstić information content (AvgIpc) is 2.07. The average molecular weight is 207 g/mol. The Balaban J connectivity index is 3.50. The quantitative estimate of drug-likeness (QED) is 0.722. The van der Waals surface area contributed by atoms with Crippen molar-refractivity contribution in [2.45, 2.75) is 6.43 Å². The van der Waals surface area contributed by atoms with Crippen LogP contribution in [0.1, 0.15) is 22.3 Å². The molecule has 0 amide bonds. The highest BCUT2D eigenvalue weighted by atomic mass is 19.3. The molecular weight excluding hydrogens is 203 g/mol. The van der Waals surface area contributed by atoms with Crippen molar-refractivity contribution >= 4 is 5.97 Å². The van der Waals surface area contributed by atoms with Crippen molar-refractivity contribution in [2.75, 3.05) is 0 Å². The molecule has 0 radical (unpaired) electrons. The van der Waals surface area contributed by atoms with Crippen molar-refractivity contribution in [1.29, 1.82) is 0 Å². The maximum Gasteiger partial charge on any atom is 0.341 e. The molecule has 0 atom stereocenters. The summed E-state index contributed by atoms with van der Waals surface area (Å²) in [6.45, 7) is 0. The number of aromatic hydroxyl groups is 1. The summed E-state index contributed by atoms with van der Waals surface area (Å²) in [6.07, 6.45) is -2.85. The molecule has 14 heavy (non-hydrogen) atoms. The lowest BCUT2D eigenvalue weighted by atomic mass is 10.1. The Kier molecular flexibility index (Phi) is 2.59. The Morgan fingerprint density at radius 2 is 2.07 bits per heavy atom. The summed E-state index contributed by atoms with van der Waals surface area (Å²) in [4.78, 5) is 13.2. The number of hydrogen-bond acceptors (Lipinski definition) is 3. The predicted octanol–water partition coefficient (Wildman–Crippen LogP) is 1.56. The van der Waals surface area contributed by atoms with Crippen LogP contribution in [0.3, 0.4) is 0 Å². The van der Waals surface area contributed by atoms with Crippen LogP contribution in [-0.2, 0) is 0 Å². The van der Waals surface area contributed by atoms with Gasteiger partial charge in [0.2, 0.25) is 5.95 Å². The summed E-state index contributed by atoms with van der Waals surface area (Å²) in [5.41, 5.74) is -2.56. The molecule has 0 aromatic carbocycles. The van der Waals surface area contributed by atoms with Gasteiger partial charge in [-0.25, -0.2) is 18.6 Å². The standard InChI is InChI=1S/C7H4F3NO3/c8-5(9)3-2(12)1-11-6(10)4(3)7(13)14/h1,5,12H,(H,13,14). The van der Waals surface area contributed by atoms with E-state index in [1.165, 1.54) is 0 Å². The van der Waals surface area contributed by atoms with Crippen LogP contribution in [0.4, 0.5) is 13.2 Å². The van der Waals surface area contributed by atoms with Crippen LogP contribution >= 0.6 is 0 Å². The van der Waals surface area contributed by atoms with Crippen LogP contribution in [0, 0.1) is 5.95 Å². The number of rotatable bonds is 2. The highest BCUT2D eigenvalue weighted by molar-refractivity contribution is 5.90. The van der Waals surface area contributed by atoms with Crippen LogP contribution in [0.5, 0.6) is 5.75 Å². The number of hydrogen-bond donors (Lipinski definition) is 2. The number of carbonyl (C=O) groups is 1. The molecule has 0 saturated heterocycles. The number of carboxylic acids is 1. The van der Waals surface area contributed by atoms with E-state index in [0.29, 0.717) is 6.20 Å². The number of aromatic carboxylic acids is 1. The van der Waals surface area contributed by atoms with Gasteiger partial charge in [0.05, 0.1) is 11.8 Å². The van der Waals surface area contributed by atoms with Gasteiger partial charge < -0.3 is 10.2 Å². The number of pyridine rings is 1.